The zero-order chi connectivity index (χ0) is 61.9. The number of aliphatic hydroxyl groups is 3. The molecule has 1 aliphatic heterocycles. The number of unbranched alkanes of at least 4 members (excludes halogenated alkanes) is 1. The number of benzene rings is 2. The van der Waals surface area contributed by atoms with Crippen LogP contribution in [-0.2, 0) is 65.2 Å². The molecule has 8 atom stereocenters. The third kappa shape index (κ3) is 24.8. The van der Waals surface area contributed by atoms with Crippen LogP contribution in [0.5, 0.6) is 11.5 Å². The van der Waals surface area contributed by atoms with E-state index in [1.807, 2.05) is 0 Å². The molecule has 0 bridgehead atoms. The number of aromatic nitrogens is 3. The number of aryl methyl sites for hydroxylation is 2. The van der Waals surface area contributed by atoms with Gasteiger partial charge in [-0.2, -0.15) is 8.78 Å². The molecule has 1 saturated heterocycles. The standard InChI is InChI=1S/C50H71F5N9O18PS/c1-28(46(70)56-16-19-77-21-23-79-25-24-78-22-20-76-18-13-36(66)82-45-40(54)38(52)37(51)39(53)41(45)55)59-48(72)30(3)60-47(71)29(2)58-35(65)8-6-17-64-27-32(62-63-64)7-4-5-15-57-50(84)61-31-9-11-33(12-10-31)80-49-44(69)43(68)42(67)34(81-49)14-26-83(73,74)75/h9-12,27-30,34,42-44,49,67-69H,4-8,13-26H2,1-3H3,(H,56,70)(H,58,65)(H,59,72)(H,60,71)(H2,57,61,84)(H2,73,74,75)/t28?,29?,30?,34-,42-,43+,44+,49+/m1/s1. The van der Waals surface area contributed by atoms with Gasteiger partial charge in [0.25, 0.3) is 0 Å². The lowest BCUT2D eigenvalue weighted by molar-refractivity contribution is -0.272. The molecule has 84 heavy (non-hydrogen) atoms. The second kappa shape index (κ2) is 36.0. The summed E-state index contributed by atoms with van der Waals surface area (Å²) in [6.45, 7) is 6.08. The summed E-state index contributed by atoms with van der Waals surface area (Å²) in [6.07, 6.45) is -4.47. The van der Waals surface area contributed by atoms with Crippen LogP contribution < -0.4 is 41.4 Å². The fourth-order valence-electron chi connectivity index (χ4n) is 7.41. The van der Waals surface area contributed by atoms with Gasteiger partial charge < -0.3 is 90.2 Å². The topological polar surface area (TPSA) is 371 Å². The maximum absolute atomic E-state index is 13.6. The van der Waals surface area contributed by atoms with Gasteiger partial charge in [0, 0.05) is 37.9 Å². The fraction of sp³-hybridized carbons (Fsp3) is 0.600. The van der Waals surface area contributed by atoms with Gasteiger partial charge in [0.2, 0.25) is 64.8 Å². The zero-order valence-electron chi connectivity index (χ0n) is 46.1. The Balaban J connectivity index is 0.955. The van der Waals surface area contributed by atoms with Crippen LogP contribution in [0.4, 0.5) is 27.6 Å². The normalized spacial score (nSPS) is 18.0. The summed E-state index contributed by atoms with van der Waals surface area (Å²) in [5.41, 5.74) is 1.37. The maximum atomic E-state index is 13.6. The number of carbonyl (C=O) groups is 5. The Kier molecular flexibility index (Phi) is 30.2. The van der Waals surface area contributed by atoms with Crippen molar-refractivity contribution in [2.24, 2.45) is 0 Å². The molecule has 3 unspecified atom stereocenters. The average molecular weight is 1240 g/mol. The third-order valence-electron chi connectivity index (χ3n) is 12.0. The largest absolute Gasteiger partial charge is 0.462 e. The number of ether oxygens (including phenoxy) is 7. The van der Waals surface area contributed by atoms with Gasteiger partial charge in [0.15, 0.2) is 5.11 Å². The molecular weight excluding hydrogens is 1170 g/mol. The molecule has 1 fully saturated rings. The highest BCUT2D eigenvalue weighted by Gasteiger charge is 2.45. The van der Waals surface area contributed by atoms with E-state index in [0.717, 1.165) is 18.5 Å². The van der Waals surface area contributed by atoms with Crippen molar-refractivity contribution in [1.82, 2.24) is 41.6 Å². The van der Waals surface area contributed by atoms with E-state index in [0.29, 0.717) is 36.7 Å². The van der Waals surface area contributed by atoms with Crippen molar-refractivity contribution < 1.29 is 109 Å². The van der Waals surface area contributed by atoms with Gasteiger partial charge in [-0.05, 0) is 89.4 Å². The van der Waals surface area contributed by atoms with Gasteiger partial charge in [-0.15, -0.1) is 5.10 Å². The molecular formula is C50H71F5N9O18PS. The average Bonchev–Trinajstić information content (AvgIpc) is 3.55. The molecule has 34 heteroatoms. The first-order valence-corrected chi connectivity index (χ1v) is 28.7. The Bertz CT molecular complexity index is 2640. The fourth-order valence-corrected chi connectivity index (χ4v) is 8.23. The van der Waals surface area contributed by atoms with Gasteiger partial charge >= 0.3 is 13.6 Å². The van der Waals surface area contributed by atoms with E-state index in [2.05, 4.69) is 46.9 Å². The Morgan fingerprint density at radius 1 is 0.690 bits per heavy atom. The van der Waals surface area contributed by atoms with Crippen LogP contribution >= 0.6 is 19.8 Å². The second-order valence-electron chi connectivity index (χ2n) is 18.9. The van der Waals surface area contributed by atoms with Gasteiger partial charge in [-0.1, -0.05) is 5.21 Å². The molecule has 27 nitrogen and oxygen atoms in total. The lowest BCUT2D eigenvalue weighted by Gasteiger charge is -2.40. The molecule has 1 aliphatic rings. The van der Waals surface area contributed by atoms with Crippen molar-refractivity contribution in [2.75, 3.05) is 77.4 Å². The molecule has 11 N–H and O–H groups in total. The number of hydrogen-bond acceptors (Lipinski definition) is 19. The van der Waals surface area contributed by atoms with Gasteiger partial charge in [0.05, 0.1) is 77.2 Å². The highest BCUT2D eigenvalue weighted by Crippen LogP contribution is 2.37. The van der Waals surface area contributed by atoms with Gasteiger partial charge in [-0.3, -0.25) is 33.2 Å². The van der Waals surface area contributed by atoms with Gasteiger partial charge in [0.1, 0.15) is 42.2 Å². The number of nitrogens with one attached hydrogen (secondary N) is 6. The number of nitrogens with zero attached hydrogens (tertiary/aromatic N) is 3. The van der Waals surface area contributed by atoms with E-state index in [-0.39, 0.29) is 78.0 Å². The summed E-state index contributed by atoms with van der Waals surface area (Å²) in [4.78, 5) is 80.8. The molecule has 0 saturated carbocycles. The van der Waals surface area contributed by atoms with E-state index in [9.17, 15) is 75.6 Å². The lowest BCUT2D eigenvalue weighted by atomic mass is 9.97. The quantitative estimate of drug-likeness (QED) is 0.00547. The Labute approximate surface area is 484 Å². The van der Waals surface area contributed by atoms with E-state index < -0.39 is 133 Å². The summed E-state index contributed by atoms with van der Waals surface area (Å²) in [6, 6.07) is 3.42. The monoisotopic (exact) mass is 1240 g/mol. The number of hydrogen-bond donors (Lipinski definition) is 11. The molecule has 1 aromatic heterocycles. The van der Waals surface area contributed by atoms with Crippen molar-refractivity contribution in [3.63, 3.8) is 0 Å². The predicted molar refractivity (Wildman–Crippen MR) is 287 cm³/mol. The minimum Gasteiger partial charge on any atom is -0.462 e. The van der Waals surface area contributed by atoms with E-state index in [1.165, 1.54) is 20.8 Å². The summed E-state index contributed by atoms with van der Waals surface area (Å²) in [5.74, 6) is -16.3. The zero-order valence-corrected chi connectivity index (χ0v) is 47.8. The first-order chi connectivity index (χ1) is 39.8. The third-order valence-corrected chi connectivity index (χ3v) is 13.1. The molecule has 2 heterocycles. The molecule has 470 valence electrons. The number of halogens is 5. The summed E-state index contributed by atoms with van der Waals surface area (Å²) in [7, 11) is -4.40. The van der Waals surface area contributed by atoms with E-state index in [1.54, 1.807) is 35.1 Å². The SMILES string of the molecule is CC(NC(=O)CCCn1cc(CCCCNC(=S)Nc2ccc(O[C@H]3O[C@H](CCP(=O)(O)O)[C@@H](O)[C@H](O)[C@@H]3O)cc2)nn1)C(=O)NC(C)C(=O)NC(C)C(=O)NCCOCCOCCOCCOCCC(=O)Oc1c(F)c(F)c(F)c(F)c1F. The molecule has 0 spiro atoms. The summed E-state index contributed by atoms with van der Waals surface area (Å²) in [5, 5.41) is 55.9. The first kappa shape index (κ1) is 70.4. The number of aliphatic hydroxyl groups excluding tert-OH is 3. The van der Waals surface area contributed by atoms with Crippen LogP contribution in [0.3, 0.4) is 0 Å². The highest BCUT2D eigenvalue weighted by molar-refractivity contribution is 7.80. The van der Waals surface area contributed by atoms with Crippen LogP contribution in [0.25, 0.3) is 0 Å². The highest BCUT2D eigenvalue weighted by atomic mass is 32.1. The smallest absolute Gasteiger partial charge is 0.325 e. The number of amides is 4. The maximum Gasteiger partial charge on any atom is 0.325 e. The van der Waals surface area contributed by atoms with Crippen LogP contribution in [0.1, 0.15) is 65.0 Å². The van der Waals surface area contributed by atoms with Crippen molar-refractivity contribution in [2.45, 2.75) is 121 Å². The van der Waals surface area contributed by atoms with Crippen LogP contribution in [-0.4, -0.2) is 196 Å². The Hall–Kier alpha value is -6.10. The first-order valence-electron chi connectivity index (χ1n) is 26.5. The molecule has 0 aliphatic carbocycles. The minimum atomic E-state index is -4.40. The molecule has 3 aromatic rings. The van der Waals surface area contributed by atoms with Crippen molar-refractivity contribution in [1.29, 1.82) is 0 Å². The number of esters is 1. The molecule has 2 aromatic carbocycles. The second-order valence-corrected chi connectivity index (χ2v) is 21.0. The van der Waals surface area contributed by atoms with Crippen molar-refractivity contribution >= 4 is 60.2 Å². The number of anilines is 1. The van der Waals surface area contributed by atoms with E-state index in [4.69, 9.17) is 40.6 Å². The number of thiocarbonyl (C=S) groups is 1. The number of carbonyl (C=O) groups excluding carboxylic acids is 5. The Morgan fingerprint density at radius 2 is 1.25 bits per heavy atom. The van der Waals surface area contributed by atoms with E-state index >= 15 is 0 Å². The predicted octanol–water partition coefficient (Wildman–Crippen LogP) is 0.510. The molecule has 4 rings (SSSR count). The van der Waals surface area contributed by atoms with Gasteiger partial charge in [-0.25, -0.2) is 13.2 Å². The summed E-state index contributed by atoms with van der Waals surface area (Å²) >= 11 is 5.40. The summed E-state index contributed by atoms with van der Waals surface area (Å²) < 4.78 is 116. The van der Waals surface area contributed by atoms with Crippen LogP contribution in [0, 0.1) is 29.1 Å². The van der Waals surface area contributed by atoms with Crippen molar-refractivity contribution in [3.05, 3.63) is 65.2 Å². The van der Waals surface area contributed by atoms with Crippen LogP contribution in [0.2, 0.25) is 0 Å². The number of rotatable bonds is 37. The van der Waals surface area contributed by atoms with Crippen molar-refractivity contribution in [3.8, 4) is 11.5 Å². The van der Waals surface area contributed by atoms with Crippen LogP contribution in [0.15, 0.2) is 30.5 Å². The lowest BCUT2D eigenvalue weighted by Crippen LogP contribution is -2.59. The molecule has 4 amide bonds. The molecule has 0 radical (unpaired) electrons. The Morgan fingerprint density at radius 3 is 1.86 bits per heavy atom. The minimum absolute atomic E-state index is 0.00439.